The Kier molecular flexibility index (Phi) is 5.78. The van der Waals surface area contributed by atoms with Crippen molar-refractivity contribution in [2.75, 3.05) is 6.54 Å². The van der Waals surface area contributed by atoms with Gasteiger partial charge in [-0.3, -0.25) is 9.78 Å². The number of urea groups is 1. The van der Waals surface area contributed by atoms with E-state index in [-0.39, 0.29) is 12.5 Å². The first-order valence-electron chi connectivity index (χ1n) is 6.15. The van der Waals surface area contributed by atoms with Gasteiger partial charge in [-0.15, -0.1) is 0 Å². The lowest BCUT2D eigenvalue weighted by molar-refractivity contribution is -0.137. The first kappa shape index (κ1) is 14.9. The summed E-state index contributed by atoms with van der Waals surface area (Å²) in [5.74, 6) is -0.860. The molecule has 0 unspecified atom stereocenters. The number of hydrogen-bond donors (Lipinski definition) is 3. The zero-order chi connectivity index (χ0) is 14.3. The number of aryl methyl sites for hydroxylation is 2. The average molecular weight is 265 g/mol. The second kappa shape index (κ2) is 7.35. The van der Waals surface area contributed by atoms with Gasteiger partial charge in [-0.25, -0.2) is 4.79 Å². The minimum absolute atomic E-state index is 0.0546. The summed E-state index contributed by atoms with van der Waals surface area (Å²) in [5, 5.41) is 13.7. The van der Waals surface area contributed by atoms with Crippen molar-refractivity contribution < 1.29 is 14.7 Å². The smallest absolute Gasteiger partial charge is 0.315 e. The number of nitrogens with zero attached hydrogens (tertiary/aromatic N) is 1. The standard InChI is InChI=1S/C13H19N3O3/c1-9-5-6-11(16-10(9)2)8-15-13(19)14-7-3-4-12(17)18/h5-6H,3-4,7-8H2,1-2H3,(H,17,18)(H2,14,15,19). The summed E-state index contributed by atoms with van der Waals surface area (Å²) in [7, 11) is 0. The van der Waals surface area contributed by atoms with Gasteiger partial charge < -0.3 is 15.7 Å². The highest BCUT2D eigenvalue weighted by atomic mass is 16.4. The number of aliphatic carboxylic acids is 1. The van der Waals surface area contributed by atoms with Crippen molar-refractivity contribution in [3.05, 3.63) is 29.1 Å². The summed E-state index contributed by atoms with van der Waals surface area (Å²) < 4.78 is 0. The van der Waals surface area contributed by atoms with E-state index >= 15 is 0 Å². The average Bonchev–Trinajstić information content (AvgIpc) is 2.36. The molecule has 0 bridgehead atoms. The summed E-state index contributed by atoms with van der Waals surface area (Å²) >= 11 is 0. The van der Waals surface area contributed by atoms with Crippen molar-refractivity contribution in [1.82, 2.24) is 15.6 Å². The number of rotatable bonds is 6. The van der Waals surface area contributed by atoms with Gasteiger partial charge in [0.15, 0.2) is 0 Å². The second-order valence-electron chi connectivity index (χ2n) is 4.31. The zero-order valence-electron chi connectivity index (χ0n) is 11.2. The topological polar surface area (TPSA) is 91.3 Å². The number of pyridine rings is 1. The van der Waals surface area contributed by atoms with Crippen LogP contribution in [-0.2, 0) is 11.3 Å². The van der Waals surface area contributed by atoms with Gasteiger partial charge in [-0.1, -0.05) is 6.07 Å². The van der Waals surface area contributed by atoms with Crippen LogP contribution in [0.3, 0.4) is 0 Å². The molecule has 1 heterocycles. The molecule has 0 fully saturated rings. The first-order chi connectivity index (χ1) is 8.99. The summed E-state index contributed by atoms with van der Waals surface area (Å²) in [6.07, 6.45) is 0.476. The summed E-state index contributed by atoms with van der Waals surface area (Å²) in [4.78, 5) is 26.0. The van der Waals surface area contributed by atoms with Crippen molar-refractivity contribution in [1.29, 1.82) is 0 Å². The largest absolute Gasteiger partial charge is 0.481 e. The number of hydrogen-bond acceptors (Lipinski definition) is 3. The fourth-order valence-corrected chi connectivity index (χ4v) is 1.46. The van der Waals surface area contributed by atoms with E-state index in [9.17, 15) is 9.59 Å². The number of carboxylic acids is 1. The Hall–Kier alpha value is -2.11. The minimum atomic E-state index is -0.860. The van der Waals surface area contributed by atoms with Crippen LogP contribution in [0.5, 0.6) is 0 Å². The maximum absolute atomic E-state index is 11.4. The third-order valence-electron chi connectivity index (χ3n) is 2.69. The van der Waals surface area contributed by atoms with E-state index in [1.54, 1.807) is 0 Å². The quantitative estimate of drug-likeness (QED) is 0.677. The van der Waals surface area contributed by atoms with Gasteiger partial charge in [-0.05, 0) is 31.9 Å². The number of amides is 2. The first-order valence-corrected chi connectivity index (χ1v) is 6.15. The van der Waals surface area contributed by atoms with Crippen LogP contribution in [0.15, 0.2) is 12.1 Å². The third-order valence-corrected chi connectivity index (χ3v) is 2.69. The van der Waals surface area contributed by atoms with Gasteiger partial charge in [0, 0.05) is 18.7 Å². The lowest BCUT2D eigenvalue weighted by Gasteiger charge is -2.08. The Morgan fingerprint density at radius 1 is 1.26 bits per heavy atom. The highest BCUT2D eigenvalue weighted by Crippen LogP contribution is 2.04. The molecule has 0 aromatic carbocycles. The van der Waals surface area contributed by atoms with Gasteiger partial charge in [0.2, 0.25) is 0 Å². The predicted molar refractivity (Wildman–Crippen MR) is 70.8 cm³/mol. The van der Waals surface area contributed by atoms with Gasteiger partial charge >= 0.3 is 12.0 Å². The van der Waals surface area contributed by atoms with E-state index in [0.29, 0.717) is 19.5 Å². The molecule has 0 saturated carbocycles. The Morgan fingerprint density at radius 3 is 2.63 bits per heavy atom. The molecule has 6 heteroatoms. The predicted octanol–water partition coefficient (Wildman–Crippen LogP) is 1.36. The summed E-state index contributed by atoms with van der Waals surface area (Å²) in [6, 6.07) is 3.52. The van der Waals surface area contributed by atoms with E-state index in [4.69, 9.17) is 5.11 Å². The number of nitrogens with one attached hydrogen (secondary N) is 2. The molecule has 0 aliphatic carbocycles. The normalized spacial score (nSPS) is 10.0. The highest BCUT2D eigenvalue weighted by Gasteiger charge is 2.03. The van der Waals surface area contributed by atoms with Crippen molar-refractivity contribution in [3.63, 3.8) is 0 Å². The molecular weight excluding hydrogens is 246 g/mol. The van der Waals surface area contributed by atoms with Crippen LogP contribution >= 0.6 is 0 Å². The summed E-state index contributed by atoms with van der Waals surface area (Å²) in [6.45, 7) is 4.60. The maximum Gasteiger partial charge on any atom is 0.315 e. The fraction of sp³-hybridized carbons (Fsp3) is 0.462. The van der Waals surface area contributed by atoms with Gasteiger partial charge in [-0.2, -0.15) is 0 Å². The van der Waals surface area contributed by atoms with Crippen LogP contribution in [0.4, 0.5) is 4.79 Å². The molecule has 1 rings (SSSR count). The van der Waals surface area contributed by atoms with E-state index < -0.39 is 5.97 Å². The molecule has 19 heavy (non-hydrogen) atoms. The lowest BCUT2D eigenvalue weighted by atomic mass is 10.2. The van der Waals surface area contributed by atoms with Crippen LogP contribution in [0.1, 0.15) is 29.8 Å². The van der Waals surface area contributed by atoms with Gasteiger partial charge in [0.1, 0.15) is 0 Å². The maximum atomic E-state index is 11.4. The molecule has 0 aliphatic rings. The van der Waals surface area contributed by atoms with Crippen LogP contribution < -0.4 is 10.6 Å². The van der Waals surface area contributed by atoms with Gasteiger partial charge in [0.05, 0.1) is 12.2 Å². The zero-order valence-corrected chi connectivity index (χ0v) is 11.2. The fourth-order valence-electron chi connectivity index (χ4n) is 1.46. The molecule has 1 aromatic rings. The highest BCUT2D eigenvalue weighted by molar-refractivity contribution is 5.73. The molecule has 2 amide bonds. The van der Waals surface area contributed by atoms with E-state index in [1.807, 2.05) is 26.0 Å². The monoisotopic (exact) mass is 265 g/mol. The number of carbonyl (C=O) groups is 2. The Bertz CT molecular complexity index is 460. The van der Waals surface area contributed by atoms with Crippen molar-refractivity contribution in [2.24, 2.45) is 0 Å². The van der Waals surface area contributed by atoms with E-state index in [2.05, 4.69) is 15.6 Å². The van der Waals surface area contributed by atoms with Crippen molar-refractivity contribution >= 4 is 12.0 Å². The number of carbonyl (C=O) groups excluding carboxylic acids is 1. The Balaban J connectivity index is 2.26. The van der Waals surface area contributed by atoms with Crippen LogP contribution in [0.25, 0.3) is 0 Å². The van der Waals surface area contributed by atoms with Gasteiger partial charge in [0.25, 0.3) is 0 Å². The minimum Gasteiger partial charge on any atom is -0.481 e. The third kappa shape index (κ3) is 5.85. The van der Waals surface area contributed by atoms with Crippen molar-refractivity contribution in [3.8, 4) is 0 Å². The molecule has 1 aromatic heterocycles. The van der Waals surface area contributed by atoms with Crippen LogP contribution in [0, 0.1) is 13.8 Å². The molecule has 104 valence electrons. The SMILES string of the molecule is Cc1ccc(CNC(=O)NCCCC(=O)O)nc1C. The van der Waals surface area contributed by atoms with E-state index in [1.165, 1.54) is 0 Å². The van der Waals surface area contributed by atoms with Crippen molar-refractivity contribution in [2.45, 2.75) is 33.2 Å². The molecular formula is C13H19N3O3. The Morgan fingerprint density at radius 2 is 2.00 bits per heavy atom. The molecule has 0 atom stereocenters. The summed E-state index contributed by atoms with van der Waals surface area (Å²) in [5.41, 5.74) is 2.85. The Labute approximate surface area is 112 Å². The molecule has 0 radical (unpaired) electrons. The van der Waals surface area contributed by atoms with E-state index in [0.717, 1.165) is 17.0 Å². The number of carboxylic acid groups (broad SMARTS) is 1. The molecule has 0 aliphatic heterocycles. The molecule has 0 spiro atoms. The number of aromatic nitrogens is 1. The van der Waals surface area contributed by atoms with Crippen LogP contribution in [0.2, 0.25) is 0 Å². The molecule has 0 saturated heterocycles. The molecule has 3 N–H and O–H groups in total. The molecule has 6 nitrogen and oxygen atoms in total. The lowest BCUT2D eigenvalue weighted by Crippen LogP contribution is -2.35. The second-order valence-corrected chi connectivity index (χ2v) is 4.31. The van der Waals surface area contributed by atoms with Crippen LogP contribution in [-0.4, -0.2) is 28.6 Å².